The van der Waals surface area contributed by atoms with Crippen molar-refractivity contribution in [2.45, 2.75) is 6.92 Å². The molecule has 0 saturated heterocycles. The highest BCUT2D eigenvalue weighted by Gasteiger charge is 2.06. The van der Waals surface area contributed by atoms with E-state index in [1.165, 1.54) is 0 Å². The third-order valence-electron chi connectivity index (χ3n) is 3.34. The summed E-state index contributed by atoms with van der Waals surface area (Å²) in [5, 5.41) is 12.7. The molecule has 0 aliphatic rings. The van der Waals surface area contributed by atoms with Gasteiger partial charge in [-0.15, -0.1) is 12.4 Å². The molecule has 0 saturated carbocycles. The van der Waals surface area contributed by atoms with Gasteiger partial charge in [0.2, 0.25) is 0 Å². The van der Waals surface area contributed by atoms with E-state index in [4.69, 9.17) is 4.74 Å². The zero-order valence-corrected chi connectivity index (χ0v) is 14.2. The summed E-state index contributed by atoms with van der Waals surface area (Å²) in [7, 11) is 1.64. The fourth-order valence-electron chi connectivity index (χ4n) is 2.27. The van der Waals surface area contributed by atoms with Crippen LogP contribution < -0.4 is 10.1 Å². The van der Waals surface area contributed by atoms with Crippen molar-refractivity contribution in [1.82, 2.24) is 9.97 Å². The topological polar surface area (TPSA) is 67.3 Å². The van der Waals surface area contributed by atoms with Gasteiger partial charge in [0, 0.05) is 23.4 Å². The monoisotopic (exact) mass is 343 g/mol. The van der Waals surface area contributed by atoms with Crippen molar-refractivity contribution in [3.8, 4) is 22.8 Å². The Balaban J connectivity index is 0.00000208. The van der Waals surface area contributed by atoms with E-state index in [-0.39, 0.29) is 18.2 Å². The number of ether oxygens (including phenoxy) is 1. The van der Waals surface area contributed by atoms with Gasteiger partial charge in [0.1, 0.15) is 23.1 Å². The van der Waals surface area contributed by atoms with Crippen molar-refractivity contribution in [2.75, 3.05) is 12.4 Å². The largest absolute Gasteiger partial charge is 0.508 e. The second kappa shape index (κ2) is 7.66. The molecule has 0 aliphatic heterocycles. The van der Waals surface area contributed by atoms with Crippen LogP contribution in [-0.4, -0.2) is 22.2 Å². The molecule has 0 amide bonds. The summed E-state index contributed by atoms with van der Waals surface area (Å²) in [4.78, 5) is 8.87. The third-order valence-corrected chi connectivity index (χ3v) is 3.34. The first-order chi connectivity index (χ1) is 11.1. The van der Waals surface area contributed by atoms with E-state index in [0.717, 1.165) is 22.7 Å². The Bertz CT molecular complexity index is 823. The number of aryl methyl sites for hydroxylation is 1. The summed E-state index contributed by atoms with van der Waals surface area (Å²) >= 11 is 0. The first kappa shape index (κ1) is 17.6. The highest BCUT2D eigenvalue weighted by molar-refractivity contribution is 5.85. The average molecular weight is 344 g/mol. The highest BCUT2D eigenvalue weighted by Crippen LogP contribution is 2.25. The second-order valence-electron chi connectivity index (χ2n) is 5.09. The van der Waals surface area contributed by atoms with Gasteiger partial charge in [-0.3, -0.25) is 0 Å². The third kappa shape index (κ3) is 4.14. The van der Waals surface area contributed by atoms with E-state index in [2.05, 4.69) is 15.3 Å². The lowest BCUT2D eigenvalue weighted by molar-refractivity contribution is 0.415. The van der Waals surface area contributed by atoms with Crippen LogP contribution >= 0.6 is 12.4 Å². The minimum Gasteiger partial charge on any atom is -0.508 e. The molecule has 2 aromatic carbocycles. The van der Waals surface area contributed by atoms with Crippen LogP contribution in [0.25, 0.3) is 11.3 Å². The van der Waals surface area contributed by atoms with Gasteiger partial charge in [-0.1, -0.05) is 6.07 Å². The molecule has 0 fully saturated rings. The molecule has 6 heteroatoms. The molecular weight excluding hydrogens is 326 g/mol. The number of phenols is 1. The summed E-state index contributed by atoms with van der Waals surface area (Å²) in [5.41, 5.74) is 2.57. The number of phenolic OH excluding ortho intramolecular Hbond substituents is 1. The van der Waals surface area contributed by atoms with Gasteiger partial charge in [0.15, 0.2) is 0 Å². The Morgan fingerprint density at radius 2 is 1.75 bits per heavy atom. The van der Waals surface area contributed by atoms with Crippen LogP contribution in [0.3, 0.4) is 0 Å². The Morgan fingerprint density at radius 1 is 1.00 bits per heavy atom. The smallest absolute Gasteiger partial charge is 0.134 e. The molecule has 0 aliphatic carbocycles. The summed E-state index contributed by atoms with van der Waals surface area (Å²) in [6.45, 7) is 1.85. The lowest BCUT2D eigenvalue weighted by Crippen LogP contribution is -1.98. The predicted molar refractivity (Wildman–Crippen MR) is 97.4 cm³/mol. The highest BCUT2D eigenvalue weighted by atomic mass is 35.5. The van der Waals surface area contributed by atoms with Crippen molar-refractivity contribution in [3.05, 3.63) is 60.4 Å². The van der Waals surface area contributed by atoms with Crippen LogP contribution in [0, 0.1) is 6.92 Å². The van der Waals surface area contributed by atoms with Gasteiger partial charge in [0.25, 0.3) is 0 Å². The minimum absolute atomic E-state index is 0. The van der Waals surface area contributed by atoms with Crippen LogP contribution in [-0.2, 0) is 0 Å². The van der Waals surface area contributed by atoms with Crippen molar-refractivity contribution in [3.63, 3.8) is 0 Å². The fraction of sp³-hybridized carbons (Fsp3) is 0.111. The minimum atomic E-state index is 0. The number of nitrogens with one attached hydrogen (secondary N) is 1. The number of halogens is 1. The molecule has 0 unspecified atom stereocenters. The molecule has 5 nitrogen and oxygen atoms in total. The van der Waals surface area contributed by atoms with Crippen molar-refractivity contribution in [1.29, 1.82) is 0 Å². The number of nitrogens with zero attached hydrogens (tertiary/aromatic N) is 2. The van der Waals surface area contributed by atoms with Gasteiger partial charge in [-0.25, -0.2) is 9.97 Å². The van der Waals surface area contributed by atoms with E-state index in [1.54, 1.807) is 25.3 Å². The molecule has 0 spiro atoms. The summed E-state index contributed by atoms with van der Waals surface area (Å²) in [6.07, 6.45) is 0. The molecule has 3 rings (SSSR count). The number of anilines is 2. The zero-order chi connectivity index (χ0) is 16.2. The van der Waals surface area contributed by atoms with Crippen LogP contribution in [0.4, 0.5) is 11.5 Å². The molecule has 24 heavy (non-hydrogen) atoms. The SMILES string of the molecule is COc1ccc(-c2cc(Nc3cccc(O)c3)nc(C)n2)cc1.Cl. The van der Waals surface area contributed by atoms with Gasteiger partial charge in [-0.05, 0) is 43.3 Å². The Hall–Kier alpha value is -2.79. The molecule has 3 aromatic rings. The second-order valence-corrected chi connectivity index (χ2v) is 5.09. The van der Waals surface area contributed by atoms with Gasteiger partial charge in [0.05, 0.1) is 12.8 Å². The van der Waals surface area contributed by atoms with Crippen LogP contribution in [0.2, 0.25) is 0 Å². The number of rotatable bonds is 4. The summed E-state index contributed by atoms with van der Waals surface area (Å²) in [5.74, 6) is 2.35. The maximum absolute atomic E-state index is 9.54. The fourth-order valence-corrected chi connectivity index (χ4v) is 2.27. The number of benzene rings is 2. The lowest BCUT2D eigenvalue weighted by atomic mass is 10.1. The quantitative estimate of drug-likeness (QED) is 0.738. The van der Waals surface area contributed by atoms with Gasteiger partial charge in [-0.2, -0.15) is 0 Å². The zero-order valence-electron chi connectivity index (χ0n) is 13.4. The predicted octanol–water partition coefficient (Wildman–Crippen LogP) is 4.33. The van der Waals surface area contributed by atoms with Crippen molar-refractivity contribution < 1.29 is 9.84 Å². The molecule has 0 bridgehead atoms. The molecular formula is C18H18ClN3O2. The lowest BCUT2D eigenvalue weighted by Gasteiger charge is -2.09. The molecule has 0 atom stereocenters. The molecule has 1 heterocycles. The number of hydrogen-bond acceptors (Lipinski definition) is 5. The number of aromatic hydroxyl groups is 1. The Labute approximate surface area is 146 Å². The van der Waals surface area contributed by atoms with E-state index < -0.39 is 0 Å². The maximum Gasteiger partial charge on any atom is 0.134 e. The first-order valence-corrected chi connectivity index (χ1v) is 7.20. The normalized spacial score (nSPS) is 9.92. The van der Waals surface area contributed by atoms with Gasteiger partial charge >= 0.3 is 0 Å². The summed E-state index contributed by atoms with van der Waals surface area (Å²) < 4.78 is 5.17. The standard InChI is InChI=1S/C18H17N3O2.ClH/c1-12-19-17(13-6-8-16(23-2)9-7-13)11-18(20-12)21-14-4-3-5-15(22)10-14;/h3-11,22H,1-2H3,(H,19,20,21);1H. The van der Waals surface area contributed by atoms with Crippen molar-refractivity contribution >= 4 is 23.9 Å². The average Bonchev–Trinajstić information content (AvgIpc) is 2.54. The number of methoxy groups -OCH3 is 1. The van der Waals surface area contributed by atoms with E-state index in [1.807, 2.05) is 43.3 Å². The summed E-state index contributed by atoms with van der Waals surface area (Å²) in [6, 6.07) is 16.5. The van der Waals surface area contributed by atoms with Crippen LogP contribution in [0.5, 0.6) is 11.5 Å². The molecule has 1 aromatic heterocycles. The molecule has 2 N–H and O–H groups in total. The van der Waals surface area contributed by atoms with E-state index in [9.17, 15) is 5.11 Å². The molecule has 124 valence electrons. The number of hydrogen-bond donors (Lipinski definition) is 2. The van der Waals surface area contributed by atoms with Gasteiger partial charge < -0.3 is 15.2 Å². The number of aromatic nitrogens is 2. The van der Waals surface area contributed by atoms with Crippen LogP contribution in [0.1, 0.15) is 5.82 Å². The first-order valence-electron chi connectivity index (χ1n) is 7.20. The van der Waals surface area contributed by atoms with Crippen LogP contribution in [0.15, 0.2) is 54.6 Å². The maximum atomic E-state index is 9.54. The Morgan fingerprint density at radius 3 is 2.42 bits per heavy atom. The van der Waals surface area contributed by atoms with Crippen molar-refractivity contribution in [2.24, 2.45) is 0 Å². The molecule has 0 radical (unpaired) electrons. The van der Waals surface area contributed by atoms with E-state index in [0.29, 0.717) is 11.6 Å². The van der Waals surface area contributed by atoms with E-state index >= 15 is 0 Å². The Kier molecular flexibility index (Phi) is 5.60.